The van der Waals surface area contributed by atoms with Gasteiger partial charge in [-0.2, -0.15) is 0 Å². The van der Waals surface area contributed by atoms with E-state index in [0.29, 0.717) is 6.07 Å². The van der Waals surface area contributed by atoms with E-state index in [-0.39, 0.29) is 23.0 Å². The van der Waals surface area contributed by atoms with Crippen molar-refractivity contribution in [3.63, 3.8) is 0 Å². The van der Waals surface area contributed by atoms with Gasteiger partial charge >= 0.3 is 11.9 Å². The van der Waals surface area contributed by atoms with Crippen molar-refractivity contribution in [2.45, 2.75) is 38.2 Å². The fraction of sp³-hybridized carbons (Fsp3) is 0.300. The summed E-state index contributed by atoms with van der Waals surface area (Å²) in [6, 6.07) is 8.51. The largest absolute Gasteiger partial charge is 0.459 e. The zero-order valence-electron chi connectivity index (χ0n) is 14.0. The highest BCUT2D eigenvalue weighted by Gasteiger charge is 2.23. The van der Waals surface area contributed by atoms with Crippen LogP contribution in [0.25, 0.3) is 0 Å². The van der Waals surface area contributed by atoms with Crippen molar-refractivity contribution >= 4 is 11.9 Å². The first-order chi connectivity index (χ1) is 12.5. The molecule has 4 nitrogen and oxygen atoms in total. The third-order valence-corrected chi connectivity index (χ3v) is 4.24. The predicted molar refractivity (Wildman–Crippen MR) is 90.0 cm³/mol. The quantitative estimate of drug-likeness (QED) is 0.587. The molecule has 136 valence electrons. The first-order valence-corrected chi connectivity index (χ1v) is 8.51. The van der Waals surface area contributed by atoms with Gasteiger partial charge in [0.25, 0.3) is 0 Å². The Balaban J connectivity index is 1.77. The van der Waals surface area contributed by atoms with Crippen molar-refractivity contribution in [2.24, 2.45) is 0 Å². The Kier molecular flexibility index (Phi) is 5.61. The number of hydrogen-bond donors (Lipinski definition) is 0. The molecule has 1 aliphatic rings. The van der Waals surface area contributed by atoms with Gasteiger partial charge in [0.2, 0.25) is 0 Å². The zero-order valence-corrected chi connectivity index (χ0v) is 14.0. The predicted octanol–water partition coefficient (Wildman–Crippen LogP) is 4.67. The molecule has 0 radical (unpaired) electrons. The van der Waals surface area contributed by atoms with Gasteiger partial charge in [0.15, 0.2) is 0 Å². The Morgan fingerprint density at radius 1 is 0.846 bits per heavy atom. The maximum Gasteiger partial charge on any atom is 0.344 e. The van der Waals surface area contributed by atoms with Crippen LogP contribution in [-0.2, 0) is 4.74 Å². The molecule has 6 heteroatoms. The van der Waals surface area contributed by atoms with Gasteiger partial charge < -0.3 is 9.47 Å². The molecule has 1 saturated carbocycles. The summed E-state index contributed by atoms with van der Waals surface area (Å²) in [6.45, 7) is 0. The Labute approximate surface area is 149 Å². The Hall–Kier alpha value is -2.76. The van der Waals surface area contributed by atoms with E-state index in [1.54, 1.807) is 12.1 Å². The van der Waals surface area contributed by atoms with Gasteiger partial charge in [-0.3, -0.25) is 0 Å². The summed E-state index contributed by atoms with van der Waals surface area (Å²) in [4.78, 5) is 24.8. The molecule has 0 saturated heterocycles. The highest BCUT2D eigenvalue weighted by Crippen LogP contribution is 2.23. The second kappa shape index (κ2) is 8.08. The molecule has 1 aliphatic carbocycles. The van der Waals surface area contributed by atoms with E-state index >= 15 is 0 Å². The molecule has 0 N–H and O–H groups in total. The van der Waals surface area contributed by atoms with E-state index in [4.69, 9.17) is 9.47 Å². The maximum absolute atomic E-state index is 13.2. The van der Waals surface area contributed by atoms with Crippen LogP contribution in [0.2, 0.25) is 0 Å². The van der Waals surface area contributed by atoms with Crippen molar-refractivity contribution in [1.29, 1.82) is 0 Å². The van der Waals surface area contributed by atoms with Gasteiger partial charge in [0.05, 0.1) is 11.1 Å². The molecule has 3 rings (SSSR count). The molecule has 2 aromatic carbocycles. The minimum atomic E-state index is -0.883. The summed E-state index contributed by atoms with van der Waals surface area (Å²) in [5.74, 6) is -3.49. The Morgan fingerprint density at radius 3 is 2.04 bits per heavy atom. The number of carbonyl (C=O) groups is 2. The van der Waals surface area contributed by atoms with Crippen molar-refractivity contribution < 1.29 is 27.8 Å². The van der Waals surface area contributed by atoms with Crippen LogP contribution >= 0.6 is 0 Å². The number of rotatable bonds is 4. The van der Waals surface area contributed by atoms with E-state index in [2.05, 4.69) is 0 Å². The lowest BCUT2D eigenvalue weighted by Crippen LogP contribution is -2.23. The lowest BCUT2D eigenvalue weighted by molar-refractivity contribution is 0.0207. The van der Waals surface area contributed by atoms with E-state index in [9.17, 15) is 18.4 Å². The average Bonchev–Trinajstić information content (AvgIpc) is 2.61. The van der Waals surface area contributed by atoms with E-state index < -0.39 is 23.6 Å². The minimum Gasteiger partial charge on any atom is -0.459 e. The summed E-state index contributed by atoms with van der Waals surface area (Å²) >= 11 is 0. The second-order valence-corrected chi connectivity index (χ2v) is 6.21. The third kappa shape index (κ3) is 4.45. The van der Waals surface area contributed by atoms with Crippen LogP contribution in [0.1, 0.15) is 52.8 Å². The van der Waals surface area contributed by atoms with Gasteiger partial charge in [0.1, 0.15) is 23.5 Å². The van der Waals surface area contributed by atoms with Gasteiger partial charge in [0, 0.05) is 18.2 Å². The molecule has 0 atom stereocenters. The molecule has 0 aromatic heterocycles. The third-order valence-electron chi connectivity index (χ3n) is 4.24. The van der Waals surface area contributed by atoms with Crippen LogP contribution in [0.3, 0.4) is 0 Å². The number of hydrogen-bond acceptors (Lipinski definition) is 4. The van der Waals surface area contributed by atoms with Crippen LogP contribution in [0.5, 0.6) is 5.75 Å². The zero-order chi connectivity index (χ0) is 18.5. The smallest absolute Gasteiger partial charge is 0.344 e. The Bertz CT molecular complexity index is 793. The van der Waals surface area contributed by atoms with Crippen LogP contribution < -0.4 is 4.74 Å². The molecule has 0 spiro atoms. The summed E-state index contributed by atoms with van der Waals surface area (Å²) in [5.41, 5.74) is 0.0536. The highest BCUT2D eigenvalue weighted by atomic mass is 19.1. The number of ether oxygens (including phenoxy) is 2. The topological polar surface area (TPSA) is 52.6 Å². The van der Waals surface area contributed by atoms with Crippen LogP contribution in [0, 0.1) is 11.6 Å². The monoisotopic (exact) mass is 360 g/mol. The number of esters is 2. The molecule has 0 unspecified atom stereocenters. The van der Waals surface area contributed by atoms with Crippen molar-refractivity contribution in [2.75, 3.05) is 0 Å². The molecular weight excluding hydrogens is 342 g/mol. The average molecular weight is 360 g/mol. The lowest BCUT2D eigenvalue weighted by Gasteiger charge is -2.22. The van der Waals surface area contributed by atoms with E-state index in [1.165, 1.54) is 12.1 Å². The van der Waals surface area contributed by atoms with Gasteiger partial charge in [-0.15, -0.1) is 0 Å². The SMILES string of the molecule is O=C(Oc1cc(F)cc(F)c1)c1ccccc1C(=O)OC1CCCCC1. The first-order valence-electron chi connectivity index (χ1n) is 8.51. The van der Waals surface area contributed by atoms with E-state index in [1.807, 2.05) is 0 Å². The summed E-state index contributed by atoms with van der Waals surface area (Å²) in [6.07, 6.45) is 4.60. The van der Waals surface area contributed by atoms with Gasteiger partial charge in [-0.25, -0.2) is 18.4 Å². The maximum atomic E-state index is 13.2. The van der Waals surface area contributed by atoms with Crippen LogP contribution in [-0.4, -0.2) is 18.0 Å². The molecule has 1 fully saturated rings. The molecule has 0 bridgehead atoms. The molecule has 0 heterocycles. The standard InChI is InChI=1S/C20H18F2O4/c21-13-10-14(22)12-16(11-13)26-20(24)18-9-5-4-8-17(18)19(23)25-15-6-2-1-3-7-15/h4-5,8-12,15H,1-3,6-7H2. The number of benzene rings is 2. The molecule has 2 aromatic rings. The fourth-order valence-corrected chi connectivity index (χ4v) is 2.99. The van der Waals surface area contributed by atoms with E-state index in [0.717, 1.165) is 44.2 Å². The summed E-state index contributed by atoms with van der Waals surface area (Å²) in [5, 5.41) is 0. The Morgan fingerprint density at radius 2 is 1.42 bits per heavy atom. The van der Waals surface area contributed by atoms with Gasteiger partial charge in [-0.1, -0.05) is 18.6 Å². The van der Waals surface area contributed by atoms with Crippen molar-refractivity contribution in [1.82, 2.24) is 0 Å². The minimum absolute atomic E-state index is 0.0158. The molecule has 26 heavy (non-hydrogen) atoms. The second-order valence-electron chi connectivity index (χ2n) is 6.21. The molecule has 0 amide bonds. The molecular formula is C20H18F2O4. The number of halogens is 2. The molecule has 0 aliphatic heterocycles. The highest BCUT2D eigenvalue weighted by molar-refractivity contribution is 6.03. The van der Waals surface area contributed by atoms with Crippen molar-refractivity contribution in [3.8, 4) is 5.75 Å². The normalized spacial score (nSPS) is 14.7. The number of carbonyl (C=O) groups excluding carboxylic acids is 2. The lowest BCUT2D eigenvalue weighted by atomic mass is 9.97. The van der Waals surface area contributed by atoms with Gasteiger partial charge in [-0.05, 0) is 37.8 Å². The fourth-order valence-electron chi connectivity index (χ4n) is 2.99. The van der Waals surface area contributed by atoms with Crippen LogP contribution in [0.15, 0.2) is 42.5 Å². The summed E-state index contributed by atoms with van der Waals surface area (Å²) in [7, 11) is 0. The van der Waals surface area contributed by atoms with Crippen LogP contribution in [0.4, 0.5) is 8.78 Å². The summed E-state index contributed by atoms with van der Waals surface area (Å²) < 4.78 is 37.0. The van der Waals surface area contributed by atoms with Crippen molar-refractivity contribution in [3.05, 3.63) is 65.2 Å². The first kappa shape index (κ1) is 18.0.